The summed E-state index contributed by atoms with van der Waals surface area (Å²) < 4.78 is 5.80. The third-order valence-corrected chi connectivity index (χ3v) is 4.45. The Hall–Kier alpha value is -1.61. The lowest BCUT2D eigenvalue weighted by Gasteiger charge is -2.40. The van der Waals surface area contributed by atoms with Gasteiger partial charge in [0, 0.05) is 12.5 Å². The minimum absolute atomic E-state index is 0.0563. The zero-order chi connectivity index (χ0) is 14.7. The summed E-state index contributed by atoms with van der Waals surface area (Å²) in [6.45, 7) is 3.33. The van der Waals surface area contributed by atoms with Crippen molar-refractivity contribution >= 4 is 5.91 Å². The highest BCUT2D eigenvalue weighted by Gasteiger charge is 2.34. The Kier molecular flexibility index (Phi) is 4.39. The van der Waals surface area contributed by atoms with Crippen molar-refractivity contribution in [1.82, 2.24) is 4.90 Å². The first-order chi connectivity index (χ1) is 10.3. The standard InChI is InChI=1S/C18H23NO2/c1-14-12-19(18(20)16-10-6-3-7-11-16)17(13-21-14)15-8-4-2-5-9-15/h2-6,8-9,14,16-17H,7,10-13H2,1H3/t14-,16-,17+/m1/s1. The number of carbonyl (C=O) groups is 1. The van der Waals surface area contributed by atoms with Crippen molar-refractivity contribution in [3.05, 3.63) is 48.0 Å². The first kappa shape index (κ1) is 14.3. The van der Waals surface area contributed by atoms with Gasteiger partial charge in [-0.1, -0.05) is 42.5 Å². The van der Waals surface area contributed by atoms with Crippen molar-refractivity contribution in [2.75, 3.05) is 13.2 Å². The van der Waals surface area contributed by atoms with Crippen LogP contribution in [-0.4, -0.2) is 30.1 Å². The van der Waals surface area contributed by atoms with Crippen LogP contribution in [0.25, 0.3) is 0 Å². The molecule has 1 aromatic rings. The molecule has 0 spiro atoms. The molecule has 112 valence electrons. The molecule has 0 radical (unpaired) electrons. The summed E-state index contributed by atoms with van der Waals surface area (Å²) in [5.41, 5.74) is 1.17. The van der Waals surface area contributed by atoms with Crippen LogP contribution < -0.4 is 0 Å². The maximum Gasteiger partial charge on any atom is 0.226 e. The highest BCUT2D eigenvalue weighted by molar-refractivity contribution is 5.80. The Morgan fingerprint density at radius 1 is 1.24 bits per heavy atom. The number of nitrogens with zero attached hydrogens (tertiary/aromatic N) is 1. The average Bonchev–Trinajstić information content (AvgIpc) is 2.56. The number of allylic oxidation sites excluding steroid dienone is 2. The number of morpholine rings is 1. The highest BCUT2D eigenvalue weighted by Crippen LogP contribution is 2.30. The van der Waals surface area contributed by atoms with Gasteiger partial charge in [-0.15, -0.1) is 0 Å². The number of rotatable bonds is 2. The van der Waals surface area contributed by atoms with E-state index in [2.05, 4.69) is 24.3 Å². The van der Waals surface area contributed by atoms with E-state index in [4.69, 9.17) is 4.74 Å². The van der Waals surface area contributed by atoms with E-state index in [-0.39, 0.29) is 18.1 Å². The Balaban J connectivity index is 1.81. The van der Waals surface area contributed by atoms with Gasteiger partial charge in [0.15, 0.2) is 0 Å². The zero-order valence-electron chi connectivity index (χ0n) is 12.6. The molecule has 3 atom stereocenters. The fourth-order valence-electron chi connectivity index (χ4n) is 3.25. The second kappa shape index (κ2) is 6.44. The molecular formula is C18H23NO2. The molecule has 1 heterocycles. The Morgan fingerprint density at radius 3 is 2.76 bits per heavy atom. The molecule has 0 saturated carbocycles. The van der Waals surface area contributed by atoms with Crippen LogP contribution in [0.5, 0.6) is 0 Å². The van der Waals surface area contributed by atoms with Gasteiger partial charge in [-0.25, -0.2) is 0 Å². The van der Waals surface area contributed by atoms with Gasteiger partial charge in [-0.2, -0.15) is 0 Å². The maximum atomic E-state index is 12.9. The fourth-order valence-corrected chi connectivity index (χ4v) is 3.25. The average molecular weight is 285 g/mol. The van der Waals surface area contributed by atoms with E-state index in [9.17, 15) is 4.79 Å². The monoisotopic (exact) mass is 285 g/mol. The fraction of sp³-hybridized carbons (Fsp3) is 0.500. The first-order valence-corrected chi connectivity index (χ1v) is 7.87. The second-order valence-corrected chi connectivity index (χ2v) is 6.04. The summed E-state index contributed by atoms with van der Waals surface area (Å²) in [5, 5.41) is 0. The third-order valence-electron chi connectivity index (χ3n) is 4.45. The van der Waals surface area contributed by atoms with Crippen molar-refractivity contribution in [3.8, 4) is 0 Å². The van der Waals surface area contributed by atoms with Gasteiger partial charge in [-0.05, 0) is 31.7 Å². The maximum absolute atomic E-state index is 12.9. The third kappa shape index (κ3) is 3.18. The topological polar surface area (TPSA) is 29.5 Å². The van der Waals surface area contributed by atoms with E-state index >= 15 is 0 Å². The van der Waals surface area contributed by atoms with Crippen LogP contribution in [0.1, 0.15) is 37.8 Å². The number of carbonyl (C=O) groups excluding carboxylic acids is 1. The summed E-state index contributed by atoms with van der Waals surface area (Å²) in [7, 11) is 0. The van der Waals surface area contributed by atoms with Gasteiger partial charge >= 0.3 is 0 Å². The van der Waals surface area contributed by atoms with Gasteiger partial charge in [-0.3, -0.25) is 4.79 Å². The van der Waals surface area contributed by atoms with Crippen molar-refractivity contribution in [2.24, 2.45) is 5.92 Å². The van der Waals surface area contributed by atoms with Crippen LogP contribution in [0.15, 0.2) is 42.5 Å². The van der Waals surface area contributed by atoms with Crippen LogP contribution in [0.4, 0.5) is 0 Å². The summed E-state index contributed by atoms with van der Waals surface area (Å²) in [6, 6.07) is 10.3. The Labute approximate surface area is 126 Å². The summed E-state index contributed by atoms with van der Waals surface area (Å²) in [5.74, 6) is 0.440. The zero-order valence-corrected chi connectivity index (χ0v) is 12.6. The molecule has 1 amide bonds. The van der Waals surface area contributed by atoms with Crippen molar-refractivity contribution in [2.45, 2.75) is 38.3 Å². The minimum atomic E-state index is 0.0563. The molecular weight excluding hydrogens is 262 g/mol. The quantitative estimate of drug-likeness (QED) is 0.780. The summed E-state index contributed by atoms with van der Waals surface area (Å²) >= 11 is 0. The molecule has 1 fully saturated rings. The predicted molar refractivity (Wildman–Crippen MR) is 82.8 cm³/mol. The first-order valence-electron chi connectivity index (χ1n) is 7.87. The SMILES string of the molecule is C[C@@H]1CN(C(=O)[C@@H]2CC=CCC2)[C@H](c2ccccc2)CO1. The van der Waals surface area contributed by atoms with Gasteiger partial charge in [0.1, 0.15) is 0 Å². The van der Waals surface area contributed by atoms with E-state index in [1.807, 2.05) is 30.0 Å². The lowest BCUT2D eigenvalue weighted by atomic mass is 9.91. The molecule has 1 saturated heterocycles. The molecule has 0 bridgehead atoms. The smallest absolute Gasteiger partial charge is 0.226 e. The highest BCUT2D eigenvalue weighted by atomic mass is 16.5. The predicted octanol–water partition coefficient (Wildman–Crippen LogP) is 3.33. The summed E-state index contributed by atoms with van der Waals surface area (Å²) in [4.78, 5) is 15.0. The van der Waals surface area contributed by atoms with E-state index in [1.165, 1.54) is 5.56 Å². The van der Waals surface area contributed by atoms with Gasteiger partial charge in [0.2, 0.25) is 5.91 Å². The number of hydrogen-bond donors (Lipinski definition) is 0. The minimum Gasteiger partial charge on any atom is -0.374 e. The van der Waals surface area contributed by atoms with Crippen molar-refractivity contribution in [3.63, 3.8) is 0 Å². The van der Waals surface area contributed by atoms with E-state index in [0.717, 1.165) is 19.3 Å². The molecule has 1 aliphatic heterocycles. The van der Waals surface area contributed by atoms with Gasteiger partial charge in [0.25, 0.3) is 0 Å². The van der Waals surface area contributed by atoms with Gasteiger partial charge < -0.3 is 9.64 Å². The summed E-state index contributed by atoms with van der Waals surface area (Å²) in [6.07, 6.45) is 7.32. The van der Waals surface area contributed by atoms with E-state index in [0.29, 0.717) is 19.1 Å². The normalized spacial score (nSPS) is 29.4. The number of hydrogen-bond acceptors (Lipinski definition) is 2. The molecule has 0 unspecified atom stereocenters. The molecule has 3 heteroatoms. The lowest BCUT2D eigenvalue weighted by molar-refractivity contribution is -0.149. The number of amides is 1. The van der Waals surface area contributed by atoms with Crippen LogP contribution in [0.2, 0.25) is 0 Å². The van der Waals surface area contributed by atoms with Gasteiger partial charge in [0.05, 0.1) is 18.8 Å². The Morgan fingerprint density at radius 2 is 2.05 bits per heavy atom. The lowest BCUT2D eigenvalue weighted by Crippen LogP contribution is -2.49. The molecule has 2 aliphatic rings. The van der Waals surface area contributed by atoms with Crippen LogP contribution in [0.3, 0.4) is 0 Å². The molecule has 1 aliphatic carbocycles. The Bertz CT molecular complexity index is 511. The second-order valence-electron chi connectivity index (χ2n) is 6.04. The largest absolute Gasteiger partial charge is 0.374 e. The number of ether oxygens (including phenoxy) is 1. The molecule has 0 aromatic heterocycles. The molecule has 3 nitrogen and oxygen atoms in total. The molecule has 1 aromatic carbocycles. The van der Waals surface area contributed by atoms with Crippen molar-refractivity contribution in [1.29, 1.82) is 0 Å². The van der Waals surface area contributed by atoms with E-state index < -0.39 is 0 Å². The van der Waals surface area contributed by atoms with Crippen molar-refractivity contribution < 1.29 is 9.53 Å². The van der Waals surface area contributed by atoms with E-state index in [1.54, 1.807) is 0 Å². The number of benzene rings is 1. The van der Waals surface area contributed by atoms with Crippen LogP contribution in [0, 0.1) is 5.92 Å². The molecule has 0 N–H and O–H groups in total. The van der Waals surface area contributed by atoms with Crippen LogP contribution in [-0.2, 0) is 9.53 Å². The van der Waals surface area contributed by atoms with Crippen LogP contribution >= 0.6 is 0 Å². The molecule has 21 heavy (non-hydrogen) atoms. The molecule has 3 rings (SSSR count).